The molecular weight excluding hydrogens is 423 g/mol. The normalized spacial score (nSPS) is 11.3. The van der Waals surface area contributed by atoms with Crippen molar-refractivity contribution >= 4 is 27.5 Å². The monoisotopic (exact) mass is 443 g/mol. The summed E-state index contributed by atoms with van der Waals surface area (Å²) in [5.74, 6) is 0.131. The Balaban J connectivity index is 2.00. The SMILES string of the molecule is CCCCCCOc1ccc(C(=O)Nc2cccc(C(F)(F)F)c2)cc1Br. The van der Waals surface area contributed by atoms with Crippen LogP contribution >= 0.6 is 15.9 Å². The Morgan fingerprint density at radius 3 is 2.56 bits per heavy atom. The van der Waals surface area contributed by atoms with Crippen molar-refractivity contribution in [1.82, 2.24) is 0 Å². The standard InChI is InChI=1S/C20H21BrF3NO2/c1-2-3-4-5-11-27-18-10-9-14(12-17(18)21)19(26)25-16-8-6-7-15(13-16)20(22,23)24/h6-10,12-13H,2-5,11H2,1H3,(H,25,26). The van der Waals surface area contributed by atoms with Crippen LogP contribution in [0, 0.1) is 0 Å². The van der Waals surface area contributed by atoms with Crippen LogP contribution in [0.4, 0.5) is 18.9 Å². The fourth-order valence-corrected chi connectivity index (χ4v) is 2.94. The van der Waals surface area contributed by atoms with E-state index in [0.717, 1.165) is 31.4 Å². The second-order valence-electron chi connectivity index (χ2n) is 6.09. The molecule has 7 heteroatoms. The summed E-state index contributed by atoms with van der Waals surface area (Å²) in [6.45, 7) is 2.73. The second-order valence-corrected chi connectivity index (χ2v) is 6.94. The summed E-state index contributed by atoms with van der Waals surface area (Å²) >= 11 is 3.37. The molecule has 0 aliphatic carbocycles. The molecule has 0 unspecified atom stereocenters. The van der Waals surface area contributed by atoms with Gasteiger partial charge in [0.2, 0.25) is 0 Å². The number of alkyl halides is 3. The number of benzene rings is 2. The number of carbonyl (C=O) groups is 1. The Morgan fingerprint density at radius 1 is 1.11 bits per heavy atom. The molecule has 0 bridgehead atoms. The molecule has 0 saturated heterocycles. The molecule has 1 N–H and O–H groups in total. The maximum atomic E-state index is 12.8. The van der Waals surface area contributed by atoms with Crippen LogP contribution < -0.4 is 10.1 Å². The zero-order chi connectivity index (χ0) is 19.9. The van der Waals surface area contributed by atoms with Crippen molar-refractivity contribution in [2.24, 2.45) is 0 Å². The number of nitrogens with one attached hydrogen (secondary N) is 1. The van der Waals surface area contributed by atoms with Gasteiger partial charge in [-0.2, -0.15) is 13.2 Å². The minimum absolute atomic E-state index is 0.0854. The molecule has 2 aromatic rings. The van der Waals surface area contributed by atoms with Gasteiger partial charge in [-0.05, 0) is 58.7 Å². The van der Waals surface area contributed by atoms with Crippen molar-refractivity contribution in [2.45, 2.75) is 38.8 Å². The van der Waals surface area contributed by atoms with E-state index in [1.54, 1.807) is 18.2 Å². The molecule has 0 heterocycles. The fraction of sp³-hybridized carbons (Fsp3) is 0.350. The molecule has 0 aliphatic heterocycles. The van der Waals surface area contributed by atoms with Gasteiger partial charge in [-0.15, -0.1) is 0 Å². The maximum Gasteiger partial charge on any atom is 0.416 e. The number of ether oxygens (including phenoxy) is 1. The van der Waals surface area contributed by atoms with Crippen LogP contribution in [0.25, 0.3) is 0 Å². The highest BCUT2D eigenvalue weighted by Gasteiger charge is 2.30. The summed E-state index contributed by atoms with van der Waals surface area (Å²) in [6.07, 6.45) is -0.0812. The van der Waals surface area contributed by atoms with E-state index in [1.165, 1.54) is 18.6 Å². The third kappa shape index (κ3) is 6.57. The number of rotatable bonds is 8. The van der Waals surface area contributed by atoms with Crippen molar-refractivity contribution in [1.29, 1.82) is 0 Å². The number of hydrogen-bond acceptors (Lipinski definition) is 2. The summed E-state index contributed by atoms with van der Waals surface area (Å²) < 4.78 is 44.6. The summed E-state index contributed by atoms with van der Waals surface area (Å²) in [6, 6.07) is 9.36. The average molecular weight is 444 g/mol. The van der Waals surface area contributed by atoms with Crippen LogP contribution in [0.2, 0.25) is 0 Å². The number of halogens is 4. The summed E-state index contributed by atoms with van der Waals surface area (Å²) in [7, 11) is 0. The van der Waals surface area contributed by atoms with Gasteiger partial charge >= 0.3 is 6.18 Å². The van der Waals surface area contributed by atoms with Crippen LogP contribution in [-0.2, 0) is 6.18 Å². The molecule has 0 fully saturated rings. The Morgan fingerprint density at radius 2 is 1.89 bits per heavy atom. The largest absolute Gasteiger partial charge is 0.492 e. The zero-order valence-corrected chi connectivity index (χ0v) is 16.5. The van der Waals surface area contributed by atoms with E-state index < -0.39 is 17.6 Å². The van der Waals surface area contributed by atoms with Gasteiger partial charge in [0.25, 0.3) is 5.91 Å². The number of carbonyl (C=O) groups excluding carboxylic acids is 1. The third-order valence-corrected chi connectivity index (χ3v) is 4.52. The lowest BCUT2D eigenvalue weighted by Crippen LogP contribution is -2.13. The Hall–Kier alpha value is -2.02. The summed E-state index contributed by atoms with van der Waals surface area (Å²) in [5.41, 5.74) is -0.409. The first-order valence-corrected chi connectivity index (χ1v) is 9.51. The van der Waals surface area contributed by atoms with Gasteiger partial charge in [0, 0.05) is 11.3 Å². The average Bonchev–Trinajstić information content (AvgIpc) is 2.62. The van der Waals surface area contributed by atoms with Crippen molar-refractivity contribution in [3.05, 3.63) is 58.1 Å². The van der Waals surface area contributed by atoms with Crippen LogP contribution in [0.3, 0.4) is 0 Å². The van der Waals surface area contributed by atoms with Gasteiger partial charge in [0.1, 0.15) is 5.75 Å². The van der Waals surface area contributed by atoms with Crippen LogP contribution in [0.15, 0.2) is 46.9 Å². The molecule has 0 aliphatic rings. The first-order valence-electron chi connectivity index (χ1n) is 8.72. The topological polar surface area (TPSA) is 38.3 Å². The van der Waals surface area contributed by atoms with Crippen molar-refractivity contribution < 1.29 is 22.7 Å². The Bertz CT molecular complexity index is 778. The van der Waals surface area contributed by atoms with E-state index >= 15 is 0 Å². The van der Waals surface area contributed by atoms with Gasteiger partial charge in [-0.3, -0.25) is 4.79 Å². The Kier molecular flexibility index (Phi) is 7.71. The summed E-state index contributed by atoms with van der Waals surface area (Å²) in [5, 5.41) is 2.48. The minimum Gasteiger partial charge on any atom is -0.492 e. The van der Waals surface area contributed by atoms with Gasteiger partial charge < -0.3 is 10.1 Å². The van der Waals surface area contributed by atoms with Gasteiger partial charge in [0.15, 0.2) is 0 Å². The third-order valence-electron chi connectivity index (χ3n) is 3.90. The maximum absolute atomic E-state index is 12.8. The van der Waals surface area contributed by atoms with E-state index in [-0.39, 0.29) is 5.69 Å². The van der Waals surface area contributed by atoms with Gasteiger partial charge in [0.05, 0.1) is 16.6 Å². The lowest BCUT2D eigenvalue weighted by molar-refractivity contribution is -0.137. The molecule has 3 nitrogen and oxygen atoms in total. The highest BCUT2D eigenvalue weighted by molar-refractivity contribution is 9.10. The molecule has 1 amide bonds. The van der Waals surface area contributed by atoms with Gasteiger partial charge in [-0.1, -0.05) is 32.3 Å². The lowest BCUT2D eigenvalue weighted by Gasteiger charge is -2.11. The smallest absolute Gasteiger partial charge is 0.416 e. The predicted molar refractivity (Wildman–Crippen MR) is 103 cm³/mol. The number of anilines is 1. The van der Waals surface area contributed by atoms with E-state index in [4.69, 9.17) is 4.74 Å². The Labute approximate surface area is 165 Å². The van der Waals surface area contributed by atoms with E-state index in [1.807, 2.05) is 0 Å². The van der Waals surface area contributed by atoms with E-state index in [0.29, 0.717) is 22.4 Å². The molecule has 0 atom stereocenters. The van der Waals surface area contributed by atoms with E-state index in [2.05, 4.69) is 28.2 Å². The second kappa shape index (κ2) is 9.78. The lowest BCUT2D eigenvalue weighted by atomic mass is 10.1. The van der Waals surface area contributed by atoms with Crippen molar-refractivity contribution in [3.8, 4) is 5.75 Å². The molecule has 0 spiro atoms. The molecule has 27 heavy (non-hydrogen) atoms. The van der Waals surface area contributed by atoms with Crippen LogP contribution in [-0.4, -0.2) is 12.5 Å². The van der Waals surface area contributed by atoms with Crippen LogP contribution in [0.1, 0.15) is 48.5 Å². The number of amides is 1. The minimum atomic E-state index is -4.46. The molecule has 2 rings (SSSR count). The molecule has 2 aromatic carbocycles. The molecular formula is C20H21BrF3NO2. The van der Waals surface area contributed by atoms with Gasteiger partial charge in [-0.25, -0.2) is 0 Å². The highest BCUT2D eigenvalue weighted by atomic mass is 79.9. The fourth-order valence-electron chi connectivity index (χ4n) is 2.45. The first kappa shape index (κ1) is 21.3. The van der Waals surface area contributed by atoms with Crippen LogP contribution in [0.5, 0.6) is 5.75 Å². The predicted octanol–water partition coefficient (Wildman–Crippen LogP) is 6.68. The zero-order valence-electron chi connectivity index (χ0n) is 14.9. The number of unbranched alkanes of at least 4 members (excludes halogenated alkanes) is 3. The van der Waals surface area contributed by atoms with Crippen molar-refractivity contribution in [2.75, 3.05) is 11.9 Å². The van der Waals surface area contributed by atoms with E-state index in [9.17, 15) is 18.0 Å². The molecule has 0 radical (unpaired) electrons. The molecule has 146 valence electrons. The molecule has 0 saturated carbocycles. The number of hydrogen-bond donors (Lipinski definition) is 1. The first-order chi connectivity index (χ1) is 12.8. The molecule has 0 aromatic heterocycles. The highest BCUT2D eigenvalue weighted by Crippen LogP contribution is 2.31. The summed E-state index contributed by atoms with van der Waals surface area (Å²) in [4.78, 5) is 12.3. The quantitative estimate of drug-likeness (QED) is 0.462. The van der Waals surface area contributed by atoms with Crippen molar-refractivity contribution in [3.63, 3.8) is 0 Å².